The van der Waals surface area contributed by atoms with E-state index in [1.165, 1.54) is 24.6 Å². The number of fused-ring (bicyclic) bond motifs is 1. The molecule has 2 unspecified atom stereocenters. The molecule has 1 amide bonds. The average molecular weight is 512 g/mol. The van der Waals surface area contributed by atoms with Crippen molar-refractivity contribution >= 4 is 22.6 Å². The fourth-order valence-corrected chi connectivity index (χ4v) is 3.44. The van der Waals surface area contributed by atoms with Crippen molar-refractivity contribution in [2.75, 3.05) is 17.6 Å². The van der Waals surface area contributed by atoms with Crippen LogP contribution in [0.15, 0.2) is 60.9 Å². The van der Waals surface area contributed by atoms with E-state index in [0.29, 0.717) is 30.2 Å². The van der Waals surface area contributed by atoms with Gasteiger partial charge in [0.15, 0.2) is 11.6 Å². The van der Waals surface area contributed by atoms with Crippen molar-refractivity contribution in [3.05, 3.63) is 78.1 Å². The lowest BCUT2D eigenvalue weighted by Gasteiger charge is -2.25. The van der Waals surface area contributed by atoms with Crippen LogP contribution >= 0.6 is 0 Å². The number of ether oxygens (including phenoxy) is 2. The normalized spacial score (nSPS) is 15.4. The summed E-state index contributed by atoms with van der Waals surface area (Å²) in [5.41, 5.74) is 1.62. The summed E-state index contributed by atoms with van der Waals surface area (Å²) in [6, 6.07) is 11.0. The maximum atomic E-state index is 12.5. The molecule has 4 rings (SSSR count). The molecule has 8 nitrogen and oxygen atoms in total. The summed E-state index contributed by atoms with van der Waals surface area (Å²) in [5.74, 6) is -1.43. The van der Waals surface area contributed by atoms with Crippen LogP contribution in [0.25, 0.3) is 0 Å². The Balaban J connectivity index is 0.000000241. The quantitative estimate of drug-likeness (QED) is 0.498. The van der Waals surface area contributed by atoms with Gasteiger partial charge in [0, 0.05) is 18.9 Å². The van der Waals surface area contributed by atoms with Gasteiger partial charge in [0.1, 0.15) is 28.1 Å². The summed E-state index contributed by atoms with van der Waals surface area (Å²) in [6.07, 6.45) is 0.491. The summed E-state index contributed by atoms with van der Waals surface area (Å²) in [5, 5.41) is 2.93. The van der Waals surface area contributed by atoms with Gasteiger partial charge in [0.05, 0.1) is 24.5 Å². The Bertz CT molecular complexity index is 1180. The van der Waals surface area contributed by atoms with Gasteiger partial charge >= 0.3 is 6.36 Å². The van der Waals surface area contributed by atoms with Crippen molar-refractivity contribution in [1.82, 2.24) is 15.3 Å². The number of nitrogens with one attached hydrogen (secondary N) is 2. The van der Waals surface area contributed by atoms with Crippen LogP contribution in [0.5, 0.6) is 11.5 Å². The van der Waals surface area contributed by atoms with Crippen LogP contribution in [0.4, 0.5) is 23.2 Å². The molecule has 2 atom stereocenters. The summed E-state index contributed by atoms with van der Waals surface area (Å²) in [6.45, 7) is 0.530. The van der Waals surface area contributed by atoms with E-state index >= 15 is 0 Å². The van der Waals surface area contributed by atoms with Crippen molar-refractivity contribution in [3.63, 3.8) is 0 Å². The fraction of sp³-hybridized carbons (Fsp3) is 0.227. The highest BCUT2D eigenvalue weighted by molar-refractivity contribution is 7.85. The van der Waals surface area contributed by atoms with E-state index in [1.807, 2.05) is 6.07 Å². The van der Waals surface area contributed by atoms with Gasteiger partial charge in [-0.1, -0.05) is 12.1 Å². The molecular weight excluding hydrogens is 492 g/mol. The van der Waals surface area contributed by atoms with E-state index in [0.717, 1.165) is 17.8 Å². The van der Waals surface area contributed by atoms with Gasteiger partial charge in [-0.2, -0.15) is 0 Å². The molecule has 0 saturated carbocycles. The molecule has 2 N–H and O–H groups in total. The molecule has 3 heterocycles. The van der Waals surface area contributed by atoms with Crippen LogP contribution < -0.4 is 19.5 Å². The third-order valence-electron chi connectivity index (χ3n) is 4.42. The van der Waals surface area contributed by atoms with Crippen molar-refractivity contribution in [2.24, 2.45) is 0 Å². The summed E-state index contributed by atoms with van der Waals surface area (Å²) in [7, 11) is -1.18. The molecule has 0 fully saturated rings. The Morgan fingerprint density at radius 3 is 2.57 bits per heavy atom. The van der Waals surface area contributed by atoms with E-state index in [-0.39, 0.29) is 11.9 Å². The molecule has 0 aliphatic carbocycles. The zero-order valence-corrected chi connectivity index (χ0v) is 19.0. The van der Waals surface area contributed by atoms with Crippen LogP contribution in [0.2, 0.25) is 0 Å². The van der Waals surface area contributed by atoms with Gasteiger partial charge in [-0.25, -0.2) is 13.6 Å². The minimum absolute atomic E-state index is 0.199. The Morgan fingerprint density at radius 2 is 1.91 bits per heavy atom. The zero-order chi connectivity index (χ0) is 25.4. The second-order valence-corrected chi connectivity index (χ2v) is 8.13. The van der Waals surface area contributed by atoms with Crippen molar-refractivity contribution in [2.45, 2.75) is 18.8 Å². The first-order chi connectivity index (χ1) is 16.6. The van der Waals surface area contributed by atoms with E-state index < -0.39 is 28.9 Å². The number of carbonyl (C=O) groups excluding carboxylic acids is 1. The smallest absolute Gasteiger partial charge is 0.491 e. The van der Waals surface area contributed by atoms with Gasteiger partial charge in [-0.3, -0.25) is 9.78 Å². The SMILES string of the molecule is CS(=O)Nc1ccc(C(=O)NC2CCOc3cccnc32)nc1.Fc1ccccc1OC(F)(F)F. The number of benzene rings is 1. The van der Waals surface area contributed by atoms with Crippen LogP contribution in [-0.2, 0) is 11.0 Å². The van der Waals surface area contributed by atoms with Gasteiger partial charge in [-0.15, -0.1) is 13.2 Å². The van der Waals surface area contributed by atoms with Crippen LogP contribution in [-0.4, -0.2) is 39.3 Å². The largest absolute Gasteiger partial charge is 0.573 e. The molecule has 1 aliphatic heterocycles. The number of aromatic nitrogens is 2. The highest BCUT2D eigenvalue weighted by atomic mass is 32.2. The number of hydrogen-bond donors (Lipinski definition) is 2. The number of nitrogens with zero attached hydrogens (tertiary/aromatic N) is 2. The number of halogens is 4. The van der Waals surface area contributed by atoms with E-state index in [9.17, 15) is 26.6 Å². The number of pyridine rings is 2. The predicted octanol–water partition coefficient (Wildman–Crippen LogP) is 4.16. The predicted molar refractivity (Wildman–Crippen MR) is 120 cm³/mol. The summed E-state index contributed by atoms with van der Waals surface area (Å²) >= 11 is 0. The second kappa shape index (κ2) is 11.6. The van der Waals surface area contributed by atoms with Crippen LogP contribution in [0.3, 0.4) is 0 Å². The molecule has 2 aromatic heterocycles. The van der Waals surface area contributed by atoms with Gasteiger partial charge in [0.25, 0.3) is 5.91 Å². The Labute approximate surface area is 200 Å². The van der Waals surface area contributed by atoms with E-state index in [1.54, 1.807) is 24.4 Å². The first kappa shape index (κ1) is 25.9. The maximum absolute atomic E-state index is 12.5. The standard InChI is InChI=1S/C15H16N4O3S.C7H4F4O/c1-23(21)19-10-4-5-12(17-9-10)15(20)18-11-6-8-22-13-3-2-7-16-14(11)13;8-5-3-1-2-4-6(5)12-7(9,10)11/h2-5,7,9,11,19H,6,8H2,1H3,(H,18,20);1-4H. The van der Waals surface area contributed by atoms with Crippen LogP contribution in [0.1, 0.15) is 28.6 Å². The first-order valence-electron chi connectivity index (χ1n) is 10.1. The third-order valence-corrected chi connectivity index (χ3v) is 4.94. The number of para-hydroxylation sites is 1. The summed E-state index contributed by atoms with van der Waals surface area (Å²) in [4.78, 5) is 20.7. The lowest BCUT2D eigenvalue weighted by atomic mass is 10.1. The van der Waals surface area contributed by atoms with Gasteiger partial charge in [-0.05, 0) is 36.4 Å². The van der Waals surface area contributed by atoms with Crippen molar-refractivity contribution in [3.8, 4) is 11.5 Å². The average Bonchev–Trinajstić information content (AvgIpc) is 2.80. The number of anilines is 1. The van der Waals surface area contributed by atoms with Crippen LogP contribution in [0, 0.1) is 5.82 Å². The highest BCUT2D eigenvalue weighted by Crippen LogP contribution is 2.29. The van der Waals surface area contributed by atoms with E-state index in [4.69, 9.17) is 4.74 Å². The maximum Gasteiger partial charge on any atom is 0.573 e. The number of alkyl halides is 3. The molecule has 3 aromatic rings. The number of amides is 1. The topological polar surface area (TPSA) is 102 Å². The lowest BCUT2D eigenvalue weighted by molar-refractivity contribution is -0.275. The number of carbonyl (C=O) groups is 1. The van der Waals surface area contributed by atoms with E-state index in [2.05, 4.69) is 24.7 Å². The molecular formula is C22H20F4N4O4S. The van der Waals surface area contributed by atoms with Gasteiger partial charge < -0.3 is 19.5 Å². The van der Waals surface area contributed by atoms with Gasteiger partial charge in [0.2, 0.25) is 0 Å². The molecule has 186 valence electrons. The van der Waals surface area contributed by atoms with Crippen molar-refractivity contribution in [1.29, 1.82) is 0 Å². The molecule has 0 bridgehead atoms. The Hall–Kier alpha value is -3.74. The molecule has 35 heavy (non-hydrogen) atoms. The fourth-order valence-electron chi connectivity index (χ4n) is 2.99. The zero-order valence-electron chi connectivity index (χ0n) is 18.2. The highest BCUT2D eigenvalue weighted by Gasteiger charge is 2.32. The lowest BCUT2D eigenvalue weighted by Crippen LogP contribution is -2.33. The second-order valence-electron chi connectivity index (χ2n) is 7.02. The molecule has 0 radical (unpaired) electrons. The monoisotopic (exact) mass is 512 g/mol. The third kappa shape index (κ3) is 7.91. The molecule has 0 saturated heterocycles. The number of hydrogen-bond acceptors (Lipinski definition) is 6. The number of rotatable bonds is 5. The van der Waals surface area contributed by atoms with Crippen molar-refractivity contribution < 1.29 is 36.0 Å². The molecule has 1 aliphatic rings. The Morgan fingerprint density at radius 1 is 1.14 bits per heavy atom. The summed E-state index contributed by atoms with van der Waals surface area (Å²) < 4.78 is 69.8. The molecule has 0 spiro atoms. The molecule has 1 aromatic carbocycles. The minimum atomic E-state index is -4.85. The molecule has 13 heteroatoms. The first-order valence-corrected chi connectivity index (χ1v) is 11.6. The minimum Gasteiger partial charge on any atom is -0.491 e. The Kier molecular flexibility index (Phi) is 8.58.